The highest BCUT2D eigenvalue weighted by Crippen LogP contribution is 1.94. The van der Waals surface area contributed by atoms with E-state index in [0.717, 1.165) is 24.3 Å². The van der Waals surface area contributed by atoms with E-state index in [4.69, 9.17) is 0 Å². The highest BCUT2D eigenvalue weighted by molar-refractivity contribution is 7.80. The second-order valence-electron chi connectivity index (χ2n) is 1.85. The van der Waals surface area contributed by atoms with Gasteiger partial charge in [0.1, 0.15) is 0 Å². The van der Waals surface area contributed by atoms with E-state index in [9.17, 15) is 0 Å². The zero-order valence-electron chi connectivity index (χ0n) is 5.58. The van der Waals surface area contributed by atoms with Crippen LogP contribution in [-0.2, 0) is 0 Å². The van der Waals surface area contributed by atoms with Crippen molar-refractivity contribution in [3.8, 4) is 0 Å². The molecule has 9 heavy (non-hydrogen) atoms. The van der Waals surface area contributed by atoms with E-state index in [2.05, 4.69) is 37.4 Å². The van der Waals surface area contributed by atoms with Crippen molar-refractivity contribution in [2.24, 2.45) is 0 Å². The van der Waals surface area contributed by atoms with Crippen LogP contribution in [0.3, 0.4) is 0 Å². The standard InChI is InChI=1S/C7H14S2/c8-6-4-2-1-3-5-7-9/h1-2,8-9H,3-7H2/b2-1-. The Bertz CT molecular complexity index is 69.3. The third kappa shape index (κ3) is 8.44. The molecule has 0 heterocycles. The molecule has 0 aliphatic heterocycles. The summed E-state index contributed by atoms with van der Waals surface area (Å²) in [6.45, 7) is 0. The van der Waals surface area contributed by atoms with Crippen LogP contribution in [0, 0.1) is 0 Å². The van der Waals surface area contributed by atoms with Crippen LogP contribution in [0.2, 0.25) is 0 Å². The van der Waals surface area contributed by atoms with Crippen LogP contribution in [0.15, 0.2) is 12.2 Å². The molecule has 0 unspecified atom stereocenters. The Kier molecular flexibility index (Phi) is 8.85. The molecule has 0 fully saturated rings. The van der Waals surface area contributed by atoms with E-state index < -0.39 is 0 Å². The first-order valence-electron chi connectivity index (χ1n) is 3.28. The maximum Gasteiger partial charge on any atom is -0.00633 e. The Balaban J connectivity index is 2.86. The minimum Gasteiger partial charge on any atom is -0.179 e. The first-order valence-corrected chi connectivity index (χ1v) is 4.55. The zero-order chi connectivity index (χ0) is 6.95. The SMILES string of the molecule is SCC/C=C\CCCS. The number of hydrogen-bond acceptors (Lipinski definition) is 2. The summed E-state index contributed by atoms with van der Waals surface area (Å²) in [5, 5.41) is 0. The lowest BCUT2D eigenvalue weighted by molar-refractivity contribution is 0.968. The predicted molar refractivity (Wildman–Crippen MR) is 50.7 cm³/mol. The van der Waals surface area contributed by atoms with Crippen molar-refractivity contribution in [3.63, 3.8) is 0 Å². The van der Waals surface area contributed by atoms with Gasteiger partial charge in [-0.3, -0.25) is 0 Å². The van der Waals surface area contributed by atoms with E-state index in [0.29, 0.717) is 0 Å². The minimum absolute atomic E-state index is 0.956. The second-order valence-corrected chi connectivity index (χ2v) is 2.74. The summed E-state index contributed by atoms with van der Waals surface area (Å²) in [5.41, 5.74) is 0. The smallest absolute Gasteiger partial charge is 0.00633 e. The van der Waals surface area contributed by atoms with Gasteiger partial charge in [0.05, 0.1) is 0 Å². The molecule has 0 N–H and O–H groups in total. The molecule has 0 aromatic rings. The van der Waals surface area contributed by atoms with Crippen molar-refractivity contribution in [1.29, 1.82) is 0 Å². The van der Waals surface area contributed by atoms with Gasteiger partial charge in [-0.1, -0.05) is 12.2 Å². The van der Waals surface area contributed by atoms with E-state index in [1.54, 1.807) is 0 Å². The fraction of sp³-hybridized carbons (Fsp3) is 0.714. The third-order valence-corrected chi connectivity index (χ3v) is 1.57. The summed E-state index contributed by atoms with van der Waals surface area (Å²) in [6, 6.07) is 0. The quantitative estimate of drug-likeness (QED) is 0.346. The molecule has 0 bridgehead atoms. The van der Waals surface area contributed by atoms with Crippen LogP contribution in [0.1, 0.15) is 19.3 Å². The molecule has 0 atom stereocenters. The maximum absolute atomic E-state index is 4.10. The summed E-state index contributed by atoms with van der Waals surface area (Å²) < 4.78 is 0. The minimum atomic E-state index is 0.956. The Morgan fingerprint density at radius 2 is 1.56 bits per heavy atom. The zero-order valence-corrected chi connectivity index (χ0v) is 7.37. The summed E-state index contributed by atoms with van der Waals surface area (Å²) in [4.78, 5) is 0. The van der Waals surface area contributed by atoms with Crippen molar-refractivity contribution in [2.45, 2.75) is 19.3 Å². The molecule has 0 aromatic carbocycles. The van der Waals surface area contributed by atoms with Gasteiger partial charge in [-0.05, 0) is 30.8 Å². The van der Waals surface area contributed by atoms with Crippen molar-refractivity contribution in [1.82, 2.24) is 0 Å². The molecule has 0 saturated heterocycles. The molecular weight excluding hydrogens is 148 g/mol. The van der Waals surface area contributed by atoms with Gasteiger partial charge >= 0.3 is 0 Å². The Morgan fingerprint density at radius 1 is 0.889 bits per heavy atom. The topological polar surface area (TPSA) is 0 Å². The summed E-state index contributed by atoms with van der Waals surface area (Å²) in [7, 11) is 0. The first-order chi connectivity index (χ1) is 4.41. The number of rotatable bonds is 5. The lowest BCUT2D eigenvalue weighted by atomic mass is 10.3. The largest absolute Gasteiger partial charge is 0.179 e. The van der Waals surface area contributed by atoms with Crippen LogP contribution in [0.5, 0.6) is 0 Å². The van der Waals surface area contributed by atoms with Crippen LogP contribution in [0.4, 0.5) is 0 Å². The lowest BCUT2D eigenvalue weighted by Crippen LogP contribution is -1.71. The number of thiol groups is 2. The van der Waals surface area contributed by atoms with E-state index in [-0.39, 0.29) is 0 Å². The van der Waals surface area contributed by atoms with Gasteiger partial charge in [0.2, 0.25) is 0 Å². The molecule has 0 aromatic heterocycles. The Labute approximate surface area is 68.5 Å². The van der Waals surface area contributed by atoms with E-state index in [1.807, 2.05) is 0 Å². The van der Waals surface area contributed by atoms with Crippen LogP contribution < -0.4 is 0 Å². The molecule has 0 aliphatic carbocycles. The van der Waals surface area contributed by atoms with Crippen molar-refractivity contribution in [2.75, 3.05) is 11.5 Å². The summed E-state index contributed by atoms with van der Waals surface area (Å²) in [6.07, 6.45) is 7.82. The lowest BCUT2D eigenvalue weighted by Gasteiger charge is -1.86. The van der Waals surface area contributed by atoms with Gasteiger partial charge in [0, 0.05) is 0 Å². The second kappa shape index (κ2) is 8.44. The molecule has 0 amide bonds. The molecule has 54 valence electrons. The third-order valence-electron chi connectivity index (χ3n) is 0.991. The molecular formula is C7H14S2. The first kappa shape index (κ1) is 9.44. The molecule has 0 spiro atoms. The molecule has 0 saturated carbocycles. The van der Waals surface area contributed by atoms with E-state index >= 15 is 0 Å². The number of unbranched alkanes of at least 4 members (excludes halogenated alkanes) is 1. The molecule has 2 heteroatoms. The Morgan fingerprint density at radius 3 is 2.11 bits per heavy atom. The Hall–Kier alpha value is 0.440. The van der Waals surface area contributed by atoms with Crippen LogP contribution in [0.25, 0.3) is 0 Å². The van der Waals surface area contributed by atoms with E-state index in [1.165, 1.54) is 6.42 Å². The highest BCUT2D eigenvalue weighted by Gasteiger charge is 1.77. The normalized spacial score (nSPS) is 10.9. The maximum atomic E-state index is 4.10. The highest BCUT2D eigenvalue weighted by atomic mass is 32.1. The van der Waals surface area contributed by atoms with Crippen molar-refractivity contribution in [3.05, 3.63) is 12.2 Å². The number of allylic oxidation sites excluding steroid dienone is 2. The van der Waals surface area contributed by atoms with Crippen molar-refractivity contribution < 1.29 is 0 Å². The number of hydrogen-bond donors (Lipinski definition) is 2. The molecule has 0 nitrogen and oxygen atoms in total. The molecule has 0 rings (SSSR count). The monoisotopic (exact) mass is 162 g/mol. The summed E-state index contributed by atoms with van der Waals surface area (Å²) >= 11 is 8.18. The van der Waals surface area contributed by atoms with Gasteiger partial charge in [-0.2, -0.15) is 25.3 Å². The average Bonchev–Trinajstić information content (AvgIpc) is 1.89. The summed E-state index contributed by atoms with van der Waals surface area (Å²) in [5.74, 6) is 1.95. The predicted octanol–water partition coefficient (Wildman–Crippen LogP) is 2.57. The molecule has 0 radical (unpaired) electrons. The fourth-order valence-corrected chi connectivity index (χ4v) is 0.851. The van der Waals surface area contributed by atoms with Crippen LogP contribution in [-0.4, -0.2) is 11.5 Å². The van der Waals surface area contributed by atoms with Gasteiger partial charge < -0.3 is 0 Å². The fourth-order valence-electron chi connectivity index (χ4n) is 0.519. The van der Waals surface area contributed by atoms with Gasteiger partial charge in [0.15, 0.2) is 0 Å². The van der Waals surface area contributed by atoms with Gasteiger partial charge in [0.25, 0.3) is 0 Å². The molecule has 0 aliphatic rings. The van der Waals surface area contributed by atoms with Crippen molar-refractivity contribution >= 4 is 25.3 Å². The average molecular weight is 162 g/mol. The van der Waals surface area contributed by atoms with Crippen LogP contribution >= 0.6 is 25.3 Å². The van der Waals surface area contributed by atoms with Gasteiger partial charge in [-0.15, -0.1) is 0 Å². The van der Waals surface area contributed by atoms with Gasteiger partial charge in [-0.25, -0.2) is 0 Å².